The number of halogens is 1. The van der Waals surface area contributed by atoms with E-state index in [0.717, 1.165) is 4.47 Å². The lowest BCUT2D eigenvalue weighted by Crippen LogP contribution is -2.20. The number of nitrogens with zero attached hydrogens (tertiary/aromatic N) is 1. The van der Waals surface area contributed by atoms with Crippen LogP contribution in [0.4, 0.5) is 16.3 Å². The van der Waals surface area contributed by atoms with Crippen LogP contribution in [-0.2, 0) is 0 Å². The van der Waals surface area contributed by atoms with Crippen molar-refractivity contribution in [3.05, 3.63) is 41.0 Å². The van der Waals surface area contributed by atoms with Gasteiger partial charge in [-0.15, -0.1) is 0 Å². The maximum absolute atomic E-state index is 11.9. The van der Waals surface area contributed by atoms with Gasteiger partial charge in [-0.05, 0) is 24.3 Å². The Kier molecular flexibility index (Phi) is 4.99. The number of carbonyl (C=O) groups is 1. The third-order valence-corrected chi connectivity index (χ3v) is 3.10. The van der Waals surface area contributed by atoms with Crippen LogP contribution in [0.5, 0.6) is 11.5 Å². The van der Waals surface area contributed by atoms with Gasteiger partial charge in [-0.25, -0.2) is 9.78 Å². The highest BCUT2D eigenvalue weighted by atomic mass is 79.9. The highest BCUT2D eigenvalue weighted by Gasteiger charge is 2.08. The summed E-state index contributed by atoms with van der Waals surface area (Å²) in [5.74, 6) is 1.58. The Morgan fingerprint density at radius 1 is 1.10 bits per heavy atom. The van der Waals surface area contributed by atoms with Crippen molar-refractivity contribution in [2.45, 2.75) is 0 Å². The second-order valence-corrected chi connectivity index (χ2v) is 4.92. The monoisotopic (exact) mass is 351 g/mol. The van der Waals surface area contributed by atoms with Crippen LogP contribution in [0.1, 0.15) is 0 Å². The zero-order chi connectivity index (χ0) is 15.2. The number of methoxy groups -OCH3 is 2. The topological polar surface area (TPSA) is 72.5 Å². The molecule has 0 aliphatic heterocycles. The van der Waals surface area contributed by atoms with Crippen molar-refractivity contribution in [3.8, 4) is 11.5 Å². The minimum absolute atomic E-state index is 0.396. The summed E-state index contributed by atoms with van der Waals surface area (Å²) in [7, 11) is 3.09. The number of hydrogen-bond acceptors (Lipinski definition) is 4. The molecule has 7 heteroatoms. The Labute approximate surface area is 130 Å². The van der Waals surface area contributed by atoms with Crippen molar-refractivity contribution in [1.29, 1.82) is 0 Å². The van der Waals surface area contributed by atoms with Crippen LogP contribution in [0.3, 0.4) is 0 Å². The molecule has 0 fully saturated rings. The van der Waals surface area contributed by atoms with E-state index in [9.17, 15) is 4.79 Å². The van der Waals surface area contributed by atoms with E-state index in [1.54, 1.807) is 43.6 Å². The van der Waals surface area contributed by atoms with Crippen LogP contribution in [0.25, 0.3) is 0 Å². The SMILES string of the molecule is COc1ccc(NC(=O)Nc2cc(Br)ccn2)cc1OC. The van der Waals surface area contributed by atoms with Gasteiger partial charge in [0.25, 0.3) is 0 Å². The van der Waals surface area contributed by atoms with E-state index in [-0.39, 0.29) is 0 Å². The van der Waals surface area contributed by atoms with Gasteiger partial charge in [0.1, 0.15) is 5.82 Å². The molecular formula is C14H14BrN3O3. The Hall–Kier alpha value is -2.28. The number of carbonyl (C=O) groups excluding carboxylic acids is 1. The molecule has 0 radical (unpaired) electrons. The maximum atomic E-state index is 11.9. The number of amides is 2. The minimum atomic E-state index is -0.396. The van der Waals surface area contributed by atoms with Crippen LogP contribution in [0.15, 0.2) is 41.0 Å². The molecule has 0 aliphatic rings. The van der Waals surface area contributed by atoms with E-state index in [0.29, 0.717) is 23.0 Å². The normalized spacial score (nSPS) is 9.86. The number of pyridine rings is 1. The molecule has 0 aliphatic carbocycles. The molecule has 0 bridgehead atoms. The Bertz CT molecular complexity index is 649. The lowest BCUT2D eigenvalue weighted by atomic mass is 10.3. The fourth-order valence-electron chi connectivity index (χ4n) is 1.67. The Morgan fingerprint density at radius 3 is 2.52 bits per heavy atom. The second kappa shape index (κ2) is 6.94. The van der Waals surface area contributed by atoms with E-state index >= 15 is 0 Å². The first kappa shape index (κ1) is 15.1. The van der Waals surface area contributed by atoms with Crippen molar-refractivity contribution >= 4 is 33.5 Å². The number of nitrogens with one attached hydrogen (secondary N) is 2. The summed E-state index contributed by atoms with van der Waals surface area (Å²) in [5, 5.41) is 5.33. The third-order valence-electron chi connectivity index (χ3n) is 2.60. The Morgan fingerprint density at radius 2 is 1.86 bits per heavy atom. The lowest BCUT2D eigenvalue weighted by Gasteiger charge is -2.11. The highest BCUT2D eigenvalue weighted by Crippen LogP contribution is 2.29. The average molecular weight is 352 g/mol. The molecule has 21 heavy (non-hydrogen) atoms. The molecule has 2 amide bonds. The number of ether oxygens (including phenoxy) is 2. The molecule has 2 N–H and O–H groups in total. The van der Waals surface area contributed by atoms with E-state index in [1.165, 1.54) is 7.11 Å². The standard InChI is InChI=1S/C14H14BrN3O3/c1-20-11-4-3-10(8-12(11)21-2)17-14(19)18-13-7-9(15)5-6-16-13/h3-8H,1-2H3,(H2,16,17,18,19). The molecule has 1 aromatic carbocycles. The fraction of sp³-hybridized carbons (Fsp3) is 0.143. The molecule has 1 heterocycles. The van der Waals surface area contributed by atoms with Crippen molar-refractivity contribution in [3.63, 3.8) is 0 Å². The summed E-state index contributed by atoms with van der Waals surface area (Å²) in [5.41, 5.74) is 0.583. The van der Waals surface area contributed by atoms with E-state index in [2.05, 4.69) is 31.5 Å². The molecule has 6 nitrogen and oxygen atoms in total. The van der Waals surface area contributed by atoms with Crippen molar-refractivity contribution in [2.75, 3.05) is 24.9 Å². The van der Waals surface area contributed by atoms with Gasteiger partial charge in [-0.2, -0.15) is 0 Å². The Balaban J connectivity index is 2.06. The molecule has 2 rings (SSSR count). The van der Waals surface area contributed by atoms with Crippen molar-refractivity contribution in [1.82, 2.24) is 4.98 Å². The van der Waals surface area contributed by atoms with Crippen LogP contribution in [-0.4, -0.2) is 25.2 Å². The van der Waals surface area contributed by atoms with Crippen LogP contribution in [0.2, 0.25) is 0 Å². The van der Waals surface area contributed by atoms with E-state index in [4.69, 9.17) is 9.47 Å². The zero-order valence-electron chi connectivity index (χ0n) is 11.5. The molecule has 1 aromatic heterocycles. The largest absolute Gasteiger partial charge is 0.493 e. The fourth-order valence-corrected chi connectivity index (χ4v) is 2.00. The predicted molar refractivity (Wildman–Crippen MR) is 84.1 cm³/mol. The highest BCUT2D eigenvalue weighted by molar-refractivity contribution is 9.10. The van der Waals surface area contributed by atoms with Crippen LogP contribution in [0, 0.1) is 0 Å². The van der Waals surface area contributed by atoms with Gasteiger partial charge in [-0.1, -0.05) is 15.9 Å². The first-order chi connectivity index (χ1) is 10.1. The molecule has 0 atom stereocenters. The molecule has 0 unspecified atom stereocenters. The lowest BCUT2D eigenvalue weighted by molar-refractivity contribution is 0.262. The van der Waals surface area contributed by atoms with Gasteiger partial charge >= 0.3 is 6.03 Å². The van der Waals surface area contributed by atoms with Gasteiger partial charge in [0.05, 0.1) is 14.2 Å². The molecule has 0 spiro atoms. The van der Waals surface area contributed by atoms with Gasteiger partial charge in [0, 0.05) is 22.4 Å². The average Bonchev–Trinajstić information content (AvgIpc) is 2.47. The van der Waals surface area contributed by atoms with Gasteiger partial charge in [0.15, 0.2) is 11.5 Å². The third kappa shape index (κ3) is 4.09. The number of benzene rings is 1. The zero-order valence-corrected chi connectivity index (χ0v) is 13.1. The van der Waals surface area contributed by atoms with Crippen LogP contribution < -0.4 is 20.1 Å². The van der Waals surface area contributed by atoms with Crippen molar-refractivity contribution < 1.29 is 14.3 Å². The van der Waals surface area contributed by atoms with E-state index in [1.807, 2.05) is 0 Å². The molecular weight excluding hydrogens is 338 g/mol. The summed E-state index contributed by atoms with van der Waals surface area (Å²) < 4.78 is 11.1. The number of anilines is 2. The number of rotatable bonds is 4. The summed E-state index contributed by atoms with van der Waals surface area (Å²) in [6, 6.07) is 8.19. The number of urea groups is 1. The number of aromatic nitrogens is 1. The summed E-state index contributed by atoms with van der Waals surface area (Å²) >= 11 is 3.31. The molecule has 0 saturated heterocycles. The number of hydrogen-bond donors (Lipinski definition) is 2. The van der Waals surface area contributed by atoms with E-state index < -0.39 is 6.03 Å². The molecule has 2 aromatic rings. The van der Waals surface area contributed by atoms with Crippen LogP contribution >= 0.6 is 15.9 Å². The molecule has 0 saturated carbocycles. The summed E-state index contributed by atoms with van der Waals surface area (Å²) in [6.45, 7) is 0. The summed E-state index contributed by atoms with van der Waals surface area (Å²) in [6.07, 6.45) is 1.59. The smallest absolute Gasteiger partial charge is 0.324 e. The molecule has 110 valence electrons. The predicted octanol–water partition coefficient (Wildman–Crippen LogP) is 3.51. The van der Waals surface area contributed by atoms with Gasteiger partial charge in [-0.3, -0.25) is 5.32 Å². The minimum Gasteiger partial charge on any atom is -0.493 e. The maximum Gasteiger partial charge on any atom is 0.324 e. The van der Waals surface area contributed by atoms with Crippen molar-refractivity contribution in [2.24, 2.45) is 0 Å². The first-order valence-electron chi connectivity index (χ1n) is 6.04. The second-order valence-electron chi connectivity index (χ2n) is 4.01. The first-order valence-corrected chi connectivity index (χ1v) is 6.83. The van der Waals surface area contributed by atoms with Gasteiger partial charge < -0.3 is 14.8 Å². The quantitative estimate of drug-likeness (QED) is 0.883. The summed E-state index contributed by atoms with van der Waals surface area (Å²) in [4.78, 5) is 15.9. The van der Waals surface area contributed by atoms with Gasteiger partial charge in [0.2, 0.25) is 0 Å².